The number of hydrogen-bond donors (Lipinski definition) is 1. The molecule has 1 amide bonds. The number of aryl methyl sites for hydroxylation is 2. The van der Waals surface area contributed by atoms with Crippen LogP contribution in [0.2, 0.25) is 0 Å². The molecule has 5 rings (SSSR count). The van der Waals surface area contributed by atoms with Crippen LogP contribution in [0.25, 0.3) is 33.9 Å². The van der Waals surface area contributed by atoms with Crippen molar-refractivity contribution in [3.05, 3.63) is 93.9 Å². The Kier molecular flexibility index (Phi) is 6.19. The van der Waals surface area contributed by atoms with Gasteiger partial charge < -0.3 is 14.4 Å². The van der Waals surface area contributed by atoms with Crippen LogP contribution >= 0.6 is 0 Å². The average molecular weight is 494 g/mol. The van der Waals surface area contributed by atoms with E-state index in [1.807, 2.05) is 38.1 Å². The second kappa shape index (κ2) is 9.62. The van der Waals surface area contributed by atoms with Crippen molar-refractivity contribution in [3.8, 4) is 22.8 Å². The number of Topliss-reactive ketones (excluding diaryl/α,β-unsaturated/α-hetero) is 1. The first-order valence-electron chi connectivity index (χ1n) is 11.6. The van der Waals surface area contributed by atoms with E-state index in [0.717, 1.165) is 11.1 Å². The molecule has 9 nitrogen and oxygen atoms in total. The second-order valence-corrected chi connectivity index (χ2v) is 8.80. The van der Waals surface area contributed by atoms with Crippen molar-refractivity contribution in [2.75, 3.05) is 5.32 Å². The molecule has 0 aliphatic carbocycles. The minimum Gasteiger partial charge on any atom is -0.333 e. The van der Waals surface area contributed by atoms with Gasteiger partial charge in [-0.15, -0.1) is 0 Å². The molecule has 0 atom stereocenters. The maximum Gasteiger partial charge on any atom is 0.263 e. The van der Waals surface area contributed by atoms with E-state index in [-0.39, 0.29) is 35.1 Å². The molecule has 2 aromatic carbocycles. The standard InChI is InChI=1S/C28H23N5O4/c1-16-5-4-6-20(13-16)26-31-28(37-32-26)23-14-33(27-22(25(23)36)12-7-17(2)29-27)15-24(35)30-21-10-8-19(9-11-21)18(3)34/h4-14H,15H2,1-3H3,(H,30,35). The largest absolute Gasteiger partial charge is 0.333 e. The van der Waals surface area contributed by atoms with Gasteiger partial charge in [-0.3, -0.25) is 14.4 Å². The van der Waals surface area contributed by atoms with E-state index in [4.69, 9.17) is 4.52 Å². The van der Waals surface area contributed by atoms with Gasteiger partial charge in [0, 0.05) is 28.7 Å². The molecule has 1 N–H and O–H groups in total. The lowest BCUT2D eigenvalue weighted by Gasteiger charge is -2.12. The fourth-order valence-corrected chi connectivity index (χ4v) is 4.01. The van der Waals surface area contributed by atoms with Gasteiger partial charge in [0.15, 0.2) is 5.78 Å². The number of benzene rings is 2. The lowest BCUT2D eigenvalue weighted by atomic mass is 10.1. The molecule has 0 aliphatic heterocycles. The summed E-state index contributed by atoms with van der Waals surface area (Å²) < 4.78 is 7.05. The van der Waals surface area contributed by atoms with Gasteiger partial charge in [-0.25, -0.2) is 4.98 Å². The van der Waals surface area contributed by atoms with Gasteiger partial charge in [0.1, 0.15) is 17.8 Å². The molecule has 0 fully saturated rings. The molecular weight excluding hydrogens is 470 g/mol. The van der Waals surface area contributed by atoms with Crippen molar-refractivity contribution in [2.24, 2.45) is 0 Å². The second-order valence-electron chi connectivity index (χ2n) is 8.80. The predicted octanol–water partition coefficient (Wildman–Crippen LogP) is 4.57. The number of aromatic nitrogens is 4. The summed E-state index contributed by atoms with van der Waals surface area (Å²) in [6.45, 7) is 5.14. The zero-order valence-corrected chi connectivity index (χ0v) is 20.5. The topological polar surface area (TPSA) is 120 Å². The summed E-state index contributed by atoms with van der Waals surface area (Å²) in [6.07, 6.45) is 1.52. The quantitative estimate of drug-likeness (QED) is 0.344. The van der Waals surface area contributed by atoms with Crippen molar-refractivity contribution < 1.29 is 14.1 Å². The predicted molar refractivity (Wildman–Crippen MR) is 139 cm³/mol. The van der Waals surface area contributed by atoms with Gasteiger partial charge in [0.25, 0.3) is 5.89 Å². The third-order valence-electron chi connectivity index (χ3n) is 5.88. The van der Waals surface area contributed by atoms with Gasteiger partial charge >= 0.3 is 0 Å². The van der Waals surface area contributed by atoms with E-state index in [9.17, 15) is 14.4 Å². The first-order valence-corrected chi connectivity index (χ1v) is 11.6. The Morgan fingerprint density at radius 3 is 2.51 bits per heavy atom. The Labute approximate surface area is 211 Å². The fraction of sp³-hybridized carbons (Fsp3) is 0.143. The lowest BCUT2D eigenvalue weighted by molar-refractivity contribution is -0.116. The highest BCUT2D eigenvalue weighted by atomic mass is 16.5. The molecule has 0 aliphatic rings. The van der Waals surface area contributed by atoms with Crippen LogP contribution in [0.1, 0.15) is 28.5 Å². The summed E-state index contributed by atoms with van der Waals surface area (Å²) in [7, 11) is 0. The number of pyridine rings is 2. The Balaban J connectivity index is 1.51. The Morgan fingerprint density at radius 1 is 1.00 bits per heavy atom. The van der Waals surface area contributed by atoms with Crippen molar-refractivity contribution >= 4 is 28.4 Å². The molecule has 0 bridgehead atoms. The number of ketones is 1. The van der Waals surface area contributed by atoms with Crippen LogP contribution in [0.3, 0.4) is 0 Å². The van der Waals surface area contributed by atoms with Gasteiger partial charge in [0.2, 0.25) is 17.2 Å². The zero-order valence-electron chi connectivity index (χ0n) is 20.5. The summed E-state index contributed by atoms with van der Waals surface area (Å²) >= 11 is 0. The van der Waals surface area contributed by atoms with Crippen LogP contribution in [0.5, 0.6) is 0 Å². The molecule has 5 aromatic rings. The average Bonchev–Trinajstić information content (AvgIpc) is 3.36. The van der Waals surface area contributed by atoms with Gasteiger partial charge in [-0.1, -0.05) is 28.9 Å². The highest BCUT2D eigenvalue weighted by molar-refractivity contribution is 5.96. The smallest absolute Gasteiger partial charge is 0.263 e. The van der Waals surface area contributed by atoms with Gasteiger partial charge in [0.05, 0.1) is 5.39 Å². The maximum absolute atomic E-state index is 13.3. The van der Waals surface area contributed by atoms with Crippen LogP contribution < -0.4 is 10.7 Å². The van der Waals surface area contributed by atoms with Crippen molar-refractivity contribution in [1.29, 1.82) is 0 Å². The minimum absolute atomic E-state index is 0.0537. The number of fused-ring (bicyclic) bond motifs is 1. The Bertz CT molecular complexity index is 1720. The fourth-order valence-electron chi connectivity index (χ4n) is 4.01. The normalized spacial score (nSPS) is 11.0. The van der Waals surface area contributed by atoms with Crippen LogP contribution in [-0.4, -0.2) is 31.4 Å². The molecule has 0 unspecified atom stereocenters. The van der Waals surface area contributed by atoms with E-state index in [1.165, 1.54) is 13.1 Å². The first kappa shape index (κ1) is 23.8. The summed E-state index contributed by atoms with van der Waals surface area (Å²) in [5.74, 6) is 0.0235. The van der Waals surface area contributed by atoms with Crippen LogP contribution in [-0.2, 0) is 11.3 Å². The van der Waals surface area contributed by atoms with Gasteiger partial charge in [-0.05, 0) is 63.2 Å². The number of amides is 1. The number of rotatable bonds is 6. The number of nitrogens with zero attached hydrogens (tertiary/aromatic N) is 4. The van der Waals surface area contributed by atoms with E-state index in [0.29, 0.717) is 33.8 Å². The van der Waals surface area contributed by atoms with Crippen molar-refractivity contribution in [2.45, 2.75) is 27.3 Å². The van der Waals surface area contributed by atoms with Crippen LogP contribution in [0.15, 0.2) is 76.2 Å². The highest BCUT2D eigenvalue weighted by Crippen LogP contribution is 2.23. The molecule has 37 heavy (non-hydrogen) atoms. The summed E-state index contributed by atoms with van der Waals surface area (Å²) in [5, 5.41) is 7.19. The molecule has 9 heteroatoms. The van der Waals surface area contributed by atoms with E-state index in [1.54, 1.807) is 41.0 Å². The molecule has 3 heterocycles. The summed E-state index contributed by atoms with van der Waals surface area (Å²) in [4.78, 5) is 46.7. The molecule has 3 aromatic heterocycles. The molecule has 0 saturated carbocycles. The molecule has 0 radical (unpaired) electrons. The number of hydrogen-bond acceptors (Lipinski definition) is 7. The van der Waals surface area contributed by atoms with Crippen LogP contribution in [0, 0.1) is 13.8 Å². The summed E-state index contributed by atoms with van der Waals surface area (Å²) in [6, 6.07) is 17.7. The third-order valence-corrected chi connectivity index (χ3v) is 5.88. The molecular formula is C28H23N5O4. The zero-order chi connectivity index (χ0) is 26.1. The minimum atomic E-state index is -0.333. The van der Waals surface area contributed by atoms with E-state index < -0.39 is 0 Å². The SMILES string of the molecule is CC(=O)c1ccc(NC(=O)Cn2cc(-c3nc(-c4cccc(C)c4)no3)c(=O)c3ccc(C)nc32)cc1. The monoisotopic (exact) mass is 493 g/mol. The van der Waals surface area contributed by atoms with Crippen molar-refractivity contribution in [1.82, 2.24) is 19.7 Å². The van der Waals surface area contributed by atoms with Gasteiger partial charge in [-0.2, -0.15) is 4.98 Å². The van der Waals surface area contributed by atoms with E-state index in [2.05, 4.69) is 20.4 Å². The first-order chi connectivity index (χ1) is 17.8. The molecule has 0 saturated heterocycles. The summed E-state index contributed by atoms with van der Waals surface area (Å²) in [5.41, 5.74) is 3.83. The van der Waals surface area contributed by atoms with Crippen LogP contribution in [0.4, 0.5) is 5.69 Å². The number of carbonyl (C=O) groups is 2. The lowest BCUT2D eigenvalue weighted by Crippen LogP contribution is -2.22. The molecule has 184 valence electrons. The number of carbonyl (C=O) groups excluding carboxylic acids is 2. The Hall–Kier alpha value is -4.92. The molecule has 0 spiro atoms. The Morgan fingerprint density at radius 2 is 1.78 bits per heavy atom. The third kappa shape index (κ3) is 4.92. The van der Waals surface area contributed by atoms with Crippen molar-refractivity contribution in [3.63, 3.8) is 0 Å². The maximum atomic E-state index is 13.3. The highest BCUT2D eigenvalue weighted by Gasteiger charge is 2.19. The van der Waals surface area contributed by atoms with E-state index >= 15 is 0 Å². The number of anilines is 1. The number of nitrogens with one attached hydrogen (secondary N) is 1.